The van der Waals surface area contributed by atoms with Crippen molar-refractivity contribution in [3.63, 3.8) is 0 Å². The molecule has 0 bridgehead atoms. The van der Waals surface area contributed by atoms with Gasteiger partial charge < -0.3 is 15.5 Å². The molecule has 2 unspecified atom stereocenters. The van der Waals surface area contributed by atoms with Gasteiger partial charge in [0, 0.05) is 13.1 Å². The van der Waals surface area contributed by atoms with E-state index in [9.17, 15) is 0 Å². The molecule has 1 saturated heterocycles. The van der Waals surface area contributed by atoms with Crippen LogP contribution < -0.4 is 5.73 Å². The lowest BCUT2D eigenvalue weighted by molar-refractivity contribution is 0.258. The molecule has 0 amide bonds. The first-order valence-corrected chi connectivity index (χ1v) is 6.69. The Morgan fingerprint density at radius 1 is 1.50 bits per heavy atom. The van der Waals surface area contributed by atoms with Gasteiger partial charge in [-0.3, -0.25) is 0 Å². The Morgan fingerprint density at radius 2 is 2.25 bits per heavy atom. The largest absolute Gasteiger partial charge is 0.330 e. The van der Waals surface area contributed by atoms with Crippen molar-refractivity contribution in [3.05, 3.63) is 0 Å². The number of hydrogen-bond acceptors (Lipinski definition) is 3. The molecule has 1 heterocycles. The van der Waals surface area contributed by atoms with Gasteiger partial charge in [0.2, 0.25) is 0 Å². The van der Waals surface area contributed by atoms with Gasteiger partial charge in [-0.1, -0.05) is 6.92 Å². The molecule has 3 nitrogen and oxygen atoms in total. The monoisotopic (exact) mass is 227 g/mol. The minimum Gasteiger partial charge on any atom is -0.330 e. The molecular formula is C13H29N3. The fourth-order valence-corrected chi connectivity index (χ4v) is 2.66. The number of likely N-dealkylation sites (tertiary alicyclic amines) is 1. The van der Waals surface area contributed by atoms with Gasteiger partial charge >= 0.3 is 0 Å². The highest BCUT2D eigenvalue weighted by molar-refractivity contribution is 4.74. The minimum absolute atomic E-state index is 0.737. The summed E-state index contributed by atoms with van der Waals surface area (Å²) in [5.74, 6) is 1.67. The number of nitrogens with two attached hydrogens (primary N) is 1. The van der Waals surface area contributed by atoms with Crippen molar-refractivity contribution >= 4 is 0 Å². The van der Waals surface area contributed by atoms with Crippen molar-refractivity contribution in [2.45, 2.75) is 26.2 Å². The van der Waals surface area contributed by atoms with Gasteiger partial charge in [-0.15, -0.1) is 0 Å². The topological polar surface area (TPSA) is 32.5 Å². The molecule has 96 valence electrons. The molecule has 0 aromatic heterocycles. The first-order chi connectivity index (χ1) is 7.61. The molecule has 1 fully saturated rings. The van der Waals surface area contributed by atoms with Gasteiger partial charge in [0.15, 0.2) is 0 Å². The van der Waals surface area contributed by atoms with Crippen molar-refractivity contribution in [1.82, 2.24) is 9.80 Å². The SMILES string of the molecule is CC(CCN)CN(C)CCC1CCN(C)C1. The van der Waals surface area contributed by atoms with E-state index >= 15 is 0 Å². The molecule has 2 N–H and O–H groups in total. The molecule has 16 heavy (non-hydrogen) atoms. The van der Waals surface area contributed by atoms with E-state index in [1.807, 2.05) is 0 Å². The summed E-state index contributed by atoms with van der Waals surface area (Å²) in [6.07, 6.45) is 3.90. The summed E-state index contributed by atoms with van der Waals surface area (Å²) < 4.78 is 0. The van der Waals surface area contributed by atoms with Gasteiger partial charge in [0.1, 0.15) is 0 Å². The summed E-state index contributed by atoms with van der Waals surface area (Å²) in [7, 11) is 4.47. The molecule has 2 atom stereocenters. The van der Waals surface area contributed by atoms with Gasteiger partial charge in [0.25, 0.3) is 0 Å². The van der Waals surface area contributed by atoms with E-state index in [0.717, 1.165) is 24.8 Å². The second-order valence-corrected chi connectivity index (χ2v) is 5.65. The smallest absolute Gasteiger partial charge is 0.000756 e. The van der Waals surface area contributed by atoms with Crippen LogP contribution in [0.25, 0.3) is 0 Å². The first kappa shape index (κ1) is 13.9. The van der Waals surface area contributed by atoms with E-state index < -0.39 is 0 Å². The number of rotatable bonds is 7. The Morgan fingerprint density at radius 3 is 2.81 bits per heavy atom. The lowest BCUT2D eigenvalue weighted by atomic mass is 10.0. The molecule has 3 heteroatoms. The fraction of sp³-hybridized carbons (Fsp3) is 1.00. The van der Waals surface area contributed by atoms with Crippen LogP contribution in [0.5, 0.6) is 0 Å². The van der Waals surface area contributed by atoms with E-state index in [0.29, 0.717) is 0 Å². The Balaban J connectivity index is 2.07. The Kier molecular flexibility index (Phi) is 6.32. The van der Waals surface area contributed by atoms with Crippen LogP contribution in [0.3, 0.4) is 0 Å². The third-order valence-corrected chi connectivity index (χ3v) is 3.69. The van der Waals surface area contributed by atoms with Crippen molar-refractivity contribution in [2.75, 3.05) is 46.8 Å². The van der Waals surface area contributed by atoms with Crippen LogP contribution in [0.2, 0.25) is 0 Å². The summed E-state index contributed by atoms with van der Waals surface area (Å²) in [6.45, 7) is 8.15. The summed E-state index contributed by atoms with van der Waals surface area (Å²) in [4.78, 5) is 4.92. The standard InChI is InChI=1S/C13H29N3/c1-12(4-7-14)10-15(2)8-5-13-6-9-16(3)11-13/h12-13H,4-11,14H2,1-3H3. The molecule has 0 aromatic carbocycles. The molecule has 0 spiro atoms. The van der Waals surface area contributed by atoms with Crippen LogP contribution in [0.1, 0.15) is 26.2 Å². The van der Waals surface area contributed by atoms with E-state index in [1.54, 1.807) is 0 Å². The average Bonchev–Trinajstić information content (AvgIpc) is 2.61. The average molecular weight is 227 g/mol. The zero-order chi connectivity index (χ0) is 12.0. The second-order valence-electron chi connectivity index (χ2n) is 5.65. The maximum atomic E-state index is 5.57. The second kappa shape index (κ2) is 7.25. The normalized spacial score (nSPS) is 24.2. The summed E-state index contributed by atoms with van der Waals surface area (Å²) in [5.41, 5.74) is 5.57. The lowest BCUT2D eigenvalue weighted by Gasteiger charge is -2.22. The van der Waals surface area contributed by atoms with Crippen molar-refractivity contribution in [2.24, 2.45) is 17.6 Å². The highest BCUT2D eigenvalue weighted by atomic mass is 15.1. The molecule has 1 aliphatic heterocycles. The first-order valence-electron chi connectivity index (χ1n) is 6.69. The van der Waals surface area contributed by atoms with Crippen LogP contribution in [-0.2, 0) is 0 Å². The van der Waals surface area contributed by atoms with E-state index in [4.69, 9.17) is 5.73 Å². The van der Waals surface area contributed by atoms with E-state index in [1.165, 1.54) is 39.0 Å². The minimum atomic E-state index is 0.737. The number of hydrogen-bond donors (Lipinski definition) is 1. The Labute approximate surface area is 101 Å². The zero-order valence-electron chi connectivity index (χ0n) is 11.3. The fourth-order valence-electron chi connectivity index (χ4n) is 2.66. The number of nitrogens with zero attached hydrogens (tertiary/aromatic N) is 2. The predicted octanol–water partition coefficient (Wildman–Crippen LogP) is 1.24. The van der Waals surface area contributed by atoms with Crippen LogP contribution in [0.15, 0.2) is 0 Å². The quantitative estimate of drug-likeness (QED) is 0.710. The third-order valence-electron chi connectivity index (χ3n) is 3.69. The van der Waals surface area contributed by atoms with Crippen molar-refractivity contribution in [3.8, 4) is 0 Å². The molecule has 0 saturated carbocycles. The Hall–Kier alpha value is -0.120. The van der Waals surface area contributed by atoms with Crippen LogP contribution in [0, 0.1) is 11.8 Å². The molecule has 0 aromatic rings. The van der Waals surface area contributed by atoms with Gasteiger partial charge in [-0.05, 0) is 64.8 Å². The van der Waals surface area contributed by atoms with E-state index in [2.05, 4.69) is 30.8 Å². The maximum Gasteiger partial charge on any atom is 0.000756 e. The predicted molar refractivity (Wildman–Crippen MR) is 70.6 cm³/mol. The molecule has 1 rings (SSSR count). The van der Waals surface area contributed by atoms with Gasteiger partial charge in [-0.2, -0.15) is 0 Å². The molecular weight excluding hydrogens is 198 g/mol. The highest BCUT2D eigenvalue weighted by Crippen LogP contribution is 2.18. The zero-order valence-corrected chi connectivity index (χ0v) is 11.3. The van der Waals surface area contributed by atoms with Crippen LogP contribution >= 0.6 is 0 Å². The lowest BCUT2D eigenvalue weighted by Crippen LogP contribution is -2.28. The van der Waals surface area contributed by atoms with E-state index in [-0.39, 0.29) is 0 Å². The van der Waals surface area contributed by atoms with Gasteiger partial charge in [0.05, 0.1) is 0 Å². The summed E-state index contributed by atoms with van der Waals surface area (Å²) in [6, 6.07) is 0. The van der Waals surface area contributed by atoms with Gasteiger partial charge in [-0.25, -0.2) is 0 Å². The summed E-state index contributed by atoms with van der Waals surface area (Å²) >= 11 is 0. The molecule has 0 radical (unpaired) electrons. The molecule has 1 aliphatic rings. The maximum absolute atomic E-state index is 5.57. The highest BCUT2D eigenvalue weighted by Gasteiger charge is 2.19. The Bertz CT molecular complexity index is 184. The third kappa shape index (κ3) is 5.28. The molecule has 0 aliphatic carbocycles. The van der Waals surface area contributed by atoms with Crippen molar-refractivity contribution in [1.29, 1.82) is 0 Å². The summed E-state index contributed by atoms with van der Waals surface area (Å²) in [5, 5.41) is 0. The van der Waals surface area contributed by atoms with Crippen LogP contribution in [0.4, 0.5) is 0 Å². The van der Waals surface area contributed by atoms with Crippen LogP contribution in [-0.4, -0.2) is 56.6 Å². The van der Waals surface area contributed by atoms with Crippen molar-refractivity contribution < 1.29 is 0 Å².